The van der Waals surface area contributed by atoms with Crippen LogP contribution in [0.1, 0.15) is 0 Å². The van der Waals surface area contributed by atoms with Crippen LogP contribution >= 0.6 is 23.2 Å². The number of benzene rings is 1. The number of rotatable bonds is 1. The SMILES string of the molecule is O=S(F)(F)=Nc1ccc(Cl)c(Cl)c1. The zero-order chi connectivity index (χ0) is 10.1. The molecule has 0 amide bonds. The summed E-state index contributed by atoms with van der Waals surface area (Å²) in [5, 5.41) is 0.316. The van der Waals surface area contributed by atoms with E-state index in [1.165, 1.54) is 12.1 Å². The van der Waals surface area contributed by atoms with E-state index in [1.807, 2.05) is 0 Å². The molecule has 0 aromatic heterocycles. The van der Waals surface area contributed by atoms with Crippen LogP contribution in [0.3, 0.4) is 0 Å². The van der Waals surface area contributed by atoms with Gasteiger partial charge in [0.25, 0.3) is 0 Å². The second kappa shape index (κ2) is 3.77. The van der Waals surface area contributed by atoms with E-state index in [4.69, 9.17) is 23.2 Å². The van der Waals surface area contributed by atoms with Gasteiger partial charge in [-0.15, -0.1) is 4.36 Å². The average Bonchev–Trinajstić information content (AvgIpc) is 1.94. The maximum absolute atomic E-state index is 11.9. The van der Waals surface area contributed by atoms with Gasteiger partial charge in [0, 0.05) is 0 Å². The normalized spacial score (nSPS) is 11.4. The predicted octanol–water partition coefficient (Wildman–Crippen LogP) is 3.86. The van der Waals surface area contributed by atoms with Gasteiger partial charge in [0.05, 0.1) is 15.7 Å². The molecule has 0 aliphatic rings. The van der Waals surface area contributed by atoms with E-state index in [1.54, 1.807) is 0 Å². The first-order valence-corrected chi connectivity index (χ1v) is 5.07. The number of halogens is 4. The molecule has 0 aliphatic heterocycles. The van der Waals surface area contributed by atoms with Crippen molar-refractivity contribution in [1.82, 2.24) is 0 Å². The Morgan fingerprint density at radius 1 is 1.23 bits per heavy atom. The van der Waals surface area contributed by atoms with Crippen molar-refractivity contribution in [2.75, 3.05) is 0 Å². The van der Waals surface area contributed by atoms with E-state index in [-0.39, 0.29) is 15.7 Å². The minimum Gasteiger partial charge on any atom is -0.180 e. The van der Waals surface area contributed by atoms with Gasteiger partial charge < -0.3 is 0 Å². The summed E-state index contributed by atoms with van der Waals surface area (Å²) in [4.78, 5) is 0. The van der Waals surface area contributed by atoms with E-state index in [2.05, 4.69) is 4.36 Å². The third-order valence-corrected chi connectivity index (χ3v) is 2.28. The van der Waals surface area contributed by atoms with Crippen molar-refractivity contribution >= 4 is 39.4 Å². The molecule has 0 saturated carbocycles. The molecule has 0 unspecified atom stereocenters. The minimum atomic E-state index is -5.13. The molecule has 0 spiro atoms. The van der Waals surface area contributed by atoms with Crippen molar-refractivity contribution in [2.24, 2.45) is 4.36 Å². The van der Waals surface area contributed by atoms with Crippen LogP contribution in [0.5, 0.6) is 0 Å². The highest BCUT2D eigenvalue weighted by Crippen LogP contribution is 2.27. The van der Waals surface area contributed by atoms with E-state index >= 15 is 0 Å². The summed E-state index contributed by atoms with van der Waals surface area (Å²) in [6.45, 7) is 0. The highest BCUT2D eigenvalue weighted by Gasteiger charge is 2.03. The Kier molecular flexibility index (Phi) is 3.10. The Bertz CT molecular complexity index is 434. The van der Waals surface area contributed by atoms with Crippen LogP contribution in [0.4, 0.5) is 13.5 Å². The molecule has 0 bridgehead atoms. The predicted molar refractivity (Wildman–Crippen MR) is 48.9 cm³/mol. The first kappa shape index (κ1) is 10.7. The van der Waals surface area contributed by atoms with Crippen molar-refractivity contribution in [1.29, 1.82) is 0 Å². The molecule has 1 aromatic rings. The standard InChI is InChI=1S/C6H3Cl2F2NOS/c7-5-2-1-4(3-6(5)8)11-13(9,10)12/h1-3H. The van der Waals surface area contributed by atoms with Crippen LogP contribution in [0.15, 0.2) is 22.6 Å². The molecule has 0 N–H and O–H groups in total. The monoisotopic (exact) mass is 245 g/mol. The number of hydrogen-bond acceptors (Lipinski definition) is 2. The maximum atomic E-state index is 11.9. The molecule has 1 rings (SSSR count). The molecular weight excluding hydrogens is 243 g/mol. The molecule has 1 aromatic carbocycles. The van der Waals surface area contributed by atoms with Crippen molar-refractivity contribution in [3.05, 3.63) is 28.2 Å². The molecule has 0 aliphatic carbocycles. The second-order valence-corrected chi connectivity index (χ2v) is 3.88. The topological polar surface area (TPSA) is 29.4 Å². The third-order valence-electron chi connectivity index (χ3n) is 1.11. The Morgan fingerprint density at radius 2 is 1.85 bits per heavy atom. The Morgan fingerprint density at radius 3 is 2.31 bits per heavy atom. The lowest BCUT2D eigenvalue weighted by molar-refractivity contribution is 0.588. The van der Waals surface area contributed by atoms with Crippen LogP contribution < -0.4 is 0 Å². The molecule has 0 fully saturated rings. The van der Waals surface area contributed by atoms with Gasteiger partial charge in [0.2, 0.25) is 0 Å². The first-order chi connectivity index (χ1) is 5.88. The number of nitrogens with zero attached hydrogens (tertiary/aromatic N) is 1. The highest BCUT2D eigenvalue weighted by atomic mass is 35.5. The molecule has 7 heteroatoms. The van der Waals surface area contributed by atoms with Gasteiger partial charge in [-0.05, 0) is 18.2 Å². The summed E-state index contributed by atoms with van der Waals surface area (Å²) < 4.78 is 36.5. The maximum Gasteiger partial charge on any atom is 0.371 e. The summed E-state index contributed by atoms with van der Waals surface area (Å²) in [6, 6.07) is 3.61. The van der Waals surface area contributed by atoms with E-state index in [0.717, 1.165) is 6.07 Å². The second-order valence-electron chi connectivity index (χ2n) is 2.09. The van der Waals surface area contributed by atoms with Gasteiger partial charge in [-0.1, -0.05) is 31.0 Å². The van der Waals surface area contributed by atoms with Crippen molar-refractivity contribution in [2.45, 2.75) is 0 Å². The fourth-order valence-electron chi connectivity index (χ4n) is 0.665. The van der Waals surface area contributed by atoms with Gasteiger partial charge in [0.1, 0.15) is 0 Å². The molecule has 0 heterocycles. The molecule has 13 heavy (non-hydrogen) atoms. The van der Waals surface area contributed by atoms with Crippen LogP contribution in [0, 0.1) is 0 Å². The molecule has 0 saturated heterocycles. The molecule has 0 radical (unpaired) electrons. The van der Waals surface area contributed by atoms with Gasteiger partial charge in [-0.3, -0.25) is 0 Å². The fourth-order valence-corrected chi connectivity index (χ4v) is 1.32. The average molecular weight is 246 g/mol. The molecule has 72 valence electrons. The van der Waals surface area contributed by atoms with Gasteiger partial charge >= 0.3 is 10.5 Å². The fraction of sp³-hybridized carbons (Fsp3) is 0. The molecule has 0 atom stereocenters. The lowest BCUT2D eigenvalue weighted by Crippen LogP contribution is -1.76. The minimum absolute atomic E-state index is 0.0894. The Hall–Kier alpha value is -0.390. The third kappa shape index (κ3) is 3.46. The van der Waals surface area contributed by atoms with Gasteiger partial charge in [0.15, 0.2) is 0 Å². The van der Waals surface area contributed by atoms with E-state index < -0.39 is 10.5 Å². The van der Waals surface area contributed by atoms with Gasteiger partial charge in [-0.25, -0.2) is 0 Å². The molecule has 2 nitrogen and oxygen atoms in total. The van der Waals surface area contributed by atoms with Crippen molar-refractivity contribution < 1.29 is 12.0 Å². The van der Waals surface area contributed by atoms with Gasteiger partial charge in [-0.2, -0.15) is 4.21 Å². The van der Waals surface area contributed by atoms with Crippen molar-refractivity contribution in [3.8, 4) is 0 Å². The van der Waals surface area contributed by atoms with E-state index in [9.17, 15) is 12.0 Å². The zero-order valence-electron chi connectivity index (χ0n) is 6.01. The highest BCUT2D eigenvalue weighted by molar-refractivity contribution is 7.83. The summed E-state index contributed by atoms with van der Waals surface area (Å²) in [5.41, 5.74) is -0.163. The summed E-state index contributed by atoms with van der Waals surface area (Å²) in [6.07, 6.45) is 0. The van der Waals surface area contributed by atoms with E-state index in [0.29, 0.717) is 0 Å². The largest absolute Gasteiger partial charge is 0.371 e. The summed E-state index contributed by atoms with van der Waals surface area (Å²) in [7, 11) is -5.13. The smallest absolute Gasteiger partial charge is 0.180 e. The quantitative estimate of drug-likeness (QED) is 0.691. The lowest BCUT2D eigenvalue weighted by Gasteiger charge is -1.95. The Balaban J connectivity index is 3.21. The van der Waals surface area contributed by atoms with Crippen molar-refractivity contribution in [3.63, 3.8) is 0 Å². The first-order valence-electron chi connectivity index (χ1n) is 3.00. The van der Waals surface area contributed by atoms with Crippen LogP contribution in [0.2, 0.25) is 10.0 Å². The van der Waals surface area contributed by atoms with Crippen LogP contribution in [-0.2, 0) is 10.5 Å². The number of hydrogen-bond donors (Lipinski definition) is 0. The summed E-state index contributed by atoms with van der Waals surface area (Å²) in [5.74, 6) is 0. The molecular formula is C6H3Cl2F2NOS. The Labute approximate surface area is 84.2 Å². The van der Waals surface area contributed by atoms with Crippen LogP contribution in [-0.4, -0.2) is 4.21 Å². The van der Waals surface area contributed by atoms with Crippen LogP contribution in [0.25, 0.3) is 0 Å². The summed E-state index contributed by atoms with van der Waals surface area (Å²) >= 11 is 11.0. The zero-order valence-corrected chi connectivity index (χ0v) is 8.34. The lowest BCUT2D eigenvalue weighted by atomic mass is 10.3.